The molecule has 0 N–H and O–H groups in total. The number of carbonyl (C=O) groups is 3. The van der Waals surface area contributed by atoms with Crippen molar-refractivity contribution in [2.45, 2.75) is 78.7 Å². The third-order valence-corrected chi connectivity index (χ3v) is 11.4. The van der Waals surface area contributed by atoms with Crippen molar-refractivity contribution in [1.82, 2.24) is 0 Å². The van der Waals surface area contributed by atoms with Crippen LogP contribution in [0, 0.1) is 34.5 Å². The van der Waals surface area contributed by atoms with Crippen LogP contribution in [0.15, 0.2) is 32.6 Å². The molecule has 0 aromatic heterocycles. The first kappa shape index (κ1) is 25.6. The SMILES string of the molecule is COC(=O)C1=C(C(=O)OC)[C@@H]2C[C@H]3[C@@H]4CC=C5C[C@@H](OC(C)=O)CC[C@]5(C)[C@H]4CC[C@]3(C)C2=C(C)S1. The van der Waals surface area contributed by atoms with Crippen molar-refractivity contribution in [3.63, 3.8) is 0 Å². The fraction of sp³-hybridized carbons (Fsp3) is 0.690. The van der Waals surface area contributed by atoms with Crippen molar-refractivity contribution in [1.29, 1.82) is 0 Å². The van der Waals surface area contributed by atoms with E-state index in [1.54, 1.807) is 0 Å². The highest BCUT2D eigenvalue weighted by molar-refractivity contribution is 8.07. The summed E-state index contributed by atoms with van der Waals surface area (Å²) in [5.41, 5.74) is 3.42. The molecule has 36 heavy (non-hydrogen) atoms. The van der Waals surface area contributed by atoms with Crippen LogP contribution >= 0.6 is 11.8 Å². The van der Waals surface area contributed by atoms with E-state index in [0.717, 1.165) is 49.9 Å². The first-order chi connectivity index (χ1) is 17.0. The van der Waals surface area contributed by atoms with E-state index in [9.17, 15) is 14.4 Å². The van der Waals surface area contributed by atoms with Gasteiger partial charge in [-0.25, -0.2) is 9.59 Å². The number of rotatable bonds is 3. The largest absolute Gasteiger partial charge is 0.466 e. The molecule has 0 spiro atoms. The maximum atomic E-state index is 13.0. The average molecular weight is 515 g/mol. The molecule has 0 bridgehead atoms. The number of thioether (sulfide) groups is 1. The topological polar surface area (TPSA) is 78.9 Å². The first-order valence-corrected chi connectivity index (χ1v) is 14.0. The fourth-order valence-corrected chi connectivity index (χ4v) is 10.0. The van der Waals surface area contributed by atoms with Gasteiger partial charge in [0.25, 0.3) is 0 Å². The van der Waals surface area contributed by atoms with Gasteiger partial charge in [0.2, 0.25) is 0 Å². The molecule has 0 aromatic carbocycles. The van der Waals surface area contributed by atoms with Gasteiger partial charge in [-0.2, -0.15) is 0 Å². The highest BCUT2D eigenvalue weighted by Gasteiger charge is 2.61. The molecule has 1 aliphatic heterocycles. The highest BCUT2D eigenvalue weighted by Crippen LogP contribution is 2.70. The van der Waals surface area contributed by atoms with E-state index in [4.69, 9.17) is 14.2 Å². The zero-order chi connectivity index (χ0) is 26.0. The van der Waals surface area contributed by atoms with Crippen molar-refractivity contribution >= 4 is 29.7 Å². The van der Waals surface area contributed by atoms with Gasteiger partial charge >= 0.3 is 17.9 Å². The second-order valence-corrected chi connectivity index (χ2v) is 13.0. The Bertz CT molecular complexity index is 1100. The summed E-state index contributed by atoms with van der Waals surface area (Å²) in [6.45, 7) is 8.42. The van der Waals surface area contributed by atoms with Gasteiger partial charge in [-0.3, -0.25) is 4.79 Å². The summed E-state index contributed by atoms with van der Waals surface area (Å²) in [7, 11) is 2.75. The van der Waals surface area contributed by atoms with E-state index in [1.807, 2.05) is 0 Å². The van der Waals surface area contributed by atoms with Crippen LogP contribution in [0.4, 0.5) is 0 Å². The Kier molecular flexibility index (Phi) is 6.46. The number of hydrogen-bond donors (Lipinski definition) is 0. The van der Waals surface area contributed by atoms with Gasteiger partial charge in [0, 0.05) is 19.3 Å². The maximum Gasteiger partial charge on any atom is 0.345 e. The van der Waals surface area contributed by atoms with Crippen LogP contribution in [0.1, 0.15) is 72.6 Å². The second kappa shape index (κ2) is 9.07. The van der Waals surface area contributed by atoms with Gasteiger partial charge < -0.3 is 14.2 Å². The van der Waals surface area contributed by atoms with Crippen LogP contribution in [-0.2, 0) is 28.6 Å². The highest BCUT2D eigenvalue weighted by atomic mass is 32.2. The van der Waals surface area contributed by atoms with E-state index >= 15 is 0 Å². The maximum absolute atomic E-state index is 13.0. The molecule has 5 aliphatic rings. The summed E-state index contributed by atoms with van der Waals surface area (Å²) in [6.07, 6.45) is 9.37. The number of allylic oxidation sites excluding steroid dienone is 3. The first-order valence-electron chi connectivity index (χ1n) is 13.2. The summed E-state index contributed by atoms with van der Waals surface area (Å²) in [6, 6.07) is 0. The Hall–Kier alpha value is -2.02. The minimum absolute atomic E-state index is 0.000480. The Morgan fingerprint density at radius 1 is 1.00 bits per heavy atom. The number of fused-ring (bicyclic) bond motifs is 7. The predicted molar refractivity (Wildman–Crippen MR) is 137 cm³/mol. The molecule has 0 radical (unpaired) electrons. The van der Waals surface area contributed by atoms with E-state index in [2.05, 4.69) is 26.8 Å². The van der Waals surface area contributed by atoms with Crippen molar-refractivity contribution in [3.05, 3.63) is 32.6 Å². The quantitative estimate of drug-likeness (QED) is 0.270. The molecule has 4 aliphatic carbocycles. The van der Waals surface area contributed by atoms with Crippen LogP contribution in [0.3, 0.4) is 0 Å². The second-order valence-electron chi connectivity index (χ2n) is 11.8. The fourth-order valence-electron chi connectivity index (χ4n) is 8.74. The number of carbonyl (C=O) groups excluding carboxylic acids is 3. The molecule has 0 unspecified atom stereocenters. The lowest BCUT2D eigenvalue weighted by molar-refractivity contribution is -0.148. The van der Waals surface area contributed by atoms with Gasteiger partial charge in [-0.15, -0.1) is 0 Å². The minimum atomic E-state index is -0.459. The van der Waals surface area contributed by atoms with E-state index in [0.29, 0.717) is 28.2 Å². The van der Waals surface area contributed by atoms with Crippen molar-refractivity contribution in [2.24, 2.45) is 34.5 Å². The Labute approximate surface area is 218 Å². The summed E-state index contributed by atoms with van der Waals surface area (Å²) in [5.74, 6) is 0.371. The number of hydrogen-bond acceptors (Lipinski definition) is 7. The van der Waals surface area contributed by atoms with Gasteiger partial charge in [0.1, 0.15) is 11.0 Å². The van der Waals surface area contributed by atoms with Gasteiger partial charge in [-0.1, -0.05) is 37.3 Å². The molecule has 5 rings (SSSR count). The van der Waals surface area contributed by atoms with Crippen molar-refractivity contribution in [2.75, 3.05) is 14.2 Å². The van der Waals surface area contributed by atoms with E-state index in [1.165, 1.54) is 44.1 Å². The average Bonchev–Trinajstić information content (AvgIpc) is 3.16. The van der Waals surface area contributed by atoms with Crippen LogP contribution in [0.5, 0.6) is 0 Å². The molecule has 7 heteroatoms. The van der Waals surface area contributed by atoms with Crippen LogP contribution < -0.4 is 0 Å². The van der Waals surface area contributed by atoms with Crippen molar-refractivity contribution < 1.29 is 28.6 Å². The third kappa shape index (κ3) is 3.71. The molecule has 1 heterocycles. The van der Waals surface area contributed by atoms with Gasteiger partial charge in [-0.05, 0) is 84.5 Å². The predicted octanol–water partition coefficient (Wildman–Crippen LogP) is 5.73. The zero-order valence-electron chi connectivity index (χ0n) is 22.3. The Morgan fingerprint density at radius 2 is 1.69 bits per heavy atom. The molecular formula is C29H38O6S. The lowest BCUT2D eigenvalue weighted by Crippen LogP contribution is -2.49. The molecule has 0 saturated heterocycles. The Balaban J connectivity index is 1.50. The lowest BCUT2D eigenvalue weighted by atomic mass is 9.48. The molecule has 196 valence electrons. The molecular weight excluding hydrogens is 476 g/mol. The molecule has 0 aromatic rings. The molecule has 7 atom stereocenters. The molecule has 0 amide bonds. The number of methoxy groups -OCH3 is 2. The van der Waals surface area contributed by atoms with Crippen LogP contribution in [0.25, 0.3) is 0 Å². The zero-order valence-corrected chi connectivity index (χ0v) is 23.1. The third-order valence-electron chi connectivity index (χ3n) is 10.2. The van der Waals surface area contributed by atoms with Crippen LogP contribution in [-0.4, -0.2) is 38.2 Å². The summed E-state index contributed by atoms with van der Waals surface area (Å²) in [5, 5.41) is 0. The Morgan fingerprint density at radius 3 is 2.36 bits per heavy atom. The normalized spacial score (nSPS) is 39.3. The number of esters is 3. The smallest absolute Gasteiger partial charge is 0.345 e. The summed E-state index contributed by atoms with van der Waals surface area (Å²) in [4.78, 5) is 38.8. The van der Waals surface area contributed by atoms with Crippen LogP contribution in [0.2, 0.25) is 0 Å². The lowest BCUT2D eigenvalue weighted by Gasteiger charge is -2.57. The van der Waals surface area contributed by atoms with Gasteiger partial charge in [0.15, 0.2) is 0 Å². The van der Waals surface area contributed by atoms with E-state index < -0.39 is 11.9 Å². The standard InChI is InChI=1S/C29H38O6S/c1-15-24-20(23(26(31)33-5)25(36-15)27(32)34-6)14-22-19-8-7-17-13-18(35-16(2)30)9-11-28(17,3)21(19)10-12-29(22,24)4/h7,18-22H,8-14H2,1-6H3/t18-,19+,20-,21-,22-,28-,29-/m0/s1. The molecule has 6 nitrogen and oxygen atoms in total. The molecule has 3 saturated carbocycles. The van der Waals surface area contributed by atoms with Gasteiger partial charge in [0.05, 0.1) is 19.8 Å². The number of ether oxygens (including phenoxy) is 3. The minimum Gasteiger partial charge on any atom is -0.466 e. The monoisotopic (exact) mass is 514 g/mol. The van der Waals surface area contributed by atoms with E-state index in [-0.39, 0.29) is 28.8 Å². The summed E-state index contributed by atoms with van der Waals surface area (Å²) < 4.78 is 15.8. The summed E-state index contributed by atoms with van der Waals surface area (Å²) >= 11 is 1.38. The van der Waals surface area contributed by atoms with Crippen molar-refractivity contribution in [3.8, 4) is 0 Å². The molecule has 3 fully saturated rings.